The minimum atomic E-state index is -3.53. The van der Waals surface area contributed by atoms with Crippen LogP contribution in [0.25, 0.3) is 0 Å². The zero-order valence-electron chi connectivity index (χ0n) is 15.7. The number of hydrogen-bond acceptors (Lipinski definition) is 5. The zero-order valence-corrected chi connectivity index (χ0v) is 16.4. The number of rotatable bonds is 4. The van der Waals surface area contributed by atoms with Gasteiger partial charge in [-0.2, -0.15) is 5.10 Å². The number of ether oxygens (including phenoxy) is 1. The molecule has 0 spiro atoms. The third kappa shape index (κ3) is 3.82. The zero-order chi connectivity index (χ0) is 21.4. The first-order chi connectivity index (χ1) is 13.6. The molecule has 0 aliphatic carbocycles. The van der Waals surface area contributed by atoms with Gasteiger partial charge in [-0.05, 0) is 24.6 Å². The molecule has 1 aliphatic heterocycles. The van der Waals surface area contributed by atoms with E-state index in [0.717, 1.165) is 12.1 Å². The van der Waals surface area contributed by atoms with Crippen molar-refractivity contribution in [3.63, 3.8) is 0 Å². The number of hydrogen-bond donors (Lipinski definition) is 2. The van der Waals surface area contributed by atoms with E-state index in [1.54, 1.807) is 7.05 Å². The number of aliphatic imine (C=N–C) groups is 1. The molecule has 0 radical (unpaired) electrons. The largest absolute Gasteiger partial charge is 0.385 e. The Morgan fingerprint density at radius 2 is 2.17 bits per heavy atom. The lowest BCUT2D eigenvalue weighted by atomic mass is 9.81. The van der Waals surface area contributed by atoms with Crippen LogP contribution in [0.3, 0.4) is 0 Å². The Kier molecular flexibility index (Phi) is 5.59. The summed E-state index contributed by atoms with van der Waals surface area (Å²) in [5.41, 5.74) is 3.03. The van der Waals surface area contributed by atoms with Gasteiger partial charge in [0.15, 0.2) is 11.2 Å². The molecule has 7 nitrogen and oxygen atoms in total. The van der Waals surface area contributed by atoms with Gasteiger partial charge in [0, 0.05) is 24.5 Å². The molecule has 0 unspecified atom stereocenters. The number of nitrogens with two attached hydrogens (primary N) is 1. The second-order valence-corrected chi connectivity index (χ2v) is 7.07. The molecule has 0 saturated heterocycles. The SMILES string of the molecule is CC[C@]1(c2cc(NC(=O)c3nn(C)cc3Cl)ccc2F)N=C(N)COCC1(F)F. The summed E-state index contributed by atoms with van der Waals surface area (Å²) in [6.45, 7) is 0.201. The van der Waals surface area contributed by atoms with E-state index in [-0.39, 0.29) is 35.3 Å². The summed E-state index contributed by atoms with van der Waals surface area (Å²) < 4.78 is 50.9. The van der Waals surface area contributed by atoms with Crippen LogP contribution >= 0.6 is 11.6 Å². The predicted molar refractivity (Wildman–Crippen MR) is 102 cm³/mol. The van der Waals surface area contributed by atoms with Crippen molar-refractivity contribution in [2.45, 2.75) is 24.8 Å². The van der Waals surface area contributed by atoms with Crippen LogP contribution < -0.4 is 11.1 Å². The number of nitrogens with zero attached hydrogens (tertiary/aromatic N) is 3. The average Bonchev–Trinajstić information content (AvgIpc) is 2.93. The number of halogens is 4. The molecule has 1 aliphatic rings. The minimum absolute atomic E-state index is 0.0549. The predicted octanol–water partition coefficient (Wildman–Crippen LogP) is 3.09. The van der Waals surface area contributed by atoms with Crippen LogP contribution in [0.1, 0.15) is 29.4 Å². The van der Waals surface area contributed by atoms with Crippen molar-refractivity contribution in [3.8, 4) is 0 Å². The van der Waals surface area contributed by atoms with Crippen LogP contribution in [0.5, 0.6) is 0 Å². The fraction of sp³-hybridized carbons (Fsp3) is 0.389. The van der Waals surface area contributed by atoms with Crippen LogP contribution in [0.2, 0.25) is 5.02 Å². The van der Waals surface area contributed by atoms with Crippen molar-refractivity contribution in [1.82, 2.24) is 9.78 Å². The number of benzene rings is 1. The molecule has 3 N–H and O–H groups in total. The molecule has 1 amide bonds. The molecule has 0 fully saturated rings. The van der Waals surface area contributed by atoms with Crippen molar-refractivity contribution in [2.75, 3.05) is 18.5 Å². The number of amides is 1. The Hall–Kier alpha value is -2.59. The summed E-state index contributed by atoms with van der Waals surface area (Å²) in [7, 11) is 1.59. The fourth-order valence-corrected chi connectivity index (χ4v) is 3.54. The van der Waals surface area contributed by atoms with Gasteiger partial charge in [0.25, 0.3) is 11.8 Å². The number of aryl methyl sites for hydroxylation is 1. The maximum absolute atomic E-state index is 15.0. The van der Waals surface area contributed by atoms with Gasteiger partial charge in [0.05, 0.1) is 5.02 Å². The molecule has 156 valence electrons. The van der Waals surface area contributed by atoms with Crippen molar-refractivity contribution in [2.24, 2.45) is 17.8 Å². The molecule has 0 bridgehead atoms. The van der Waals surface area contributed by atoms with Crippen LogP contribution in [-0.2, 0) is 17.3 Å². The Labute approximate surface area is 169 Å². The van der Waals surface area contributed by atoms with Gasteiger partial charge in [-0.3, -0.25) is 14.5 Å². The van der Waals surface area contributed by atoms with Crippen LogP contribution in [0.15, 0.2) is 29.4 Å². The third-order valence-electron chi connectivity index (χ3n) is 4.65. The summed E-state index contributed by atoms with van der Waals surface area (Å²) in [5.74, 6) is -5.27. The van der Waals surface area contributed by atoms with Gasteiger partial charge < -0.3 is 15.8 Å². The number of carbonyl (C=O) groups excluding carboxylic acids is 1. The number of amidine groups is 1. The number of alkyl halides is 2. The van der Waals surface area contributed by atoms with E-state index in [9.17, 15) is 18.0 Å². The number of anilines is 1. The standard InChI is InChI=1S/C18H19ClF3N5O2/c1-3-17(18(21,22)9-29-8-14(23)25-17)11-6-10(4-5-13(11)20)24-16(28)15-12(19)7-27(2)26-15/h4-7H,3,8-9H2,1-2H3,(H2,23,25)(H,24,28)/t17-/m1/s1. The van der Waals surface area contributed by atoms with Crippen LogP contribution in [0, 0.1) is 5.82 Å². The van der Waals surface area contributed by atoms with Gasteiger partial charge in [0.2, 0.25) is 0 Å². The quantitative estimate of drug-likeness (QED) is 0.780. The Morgan fingerprint density at radius 1 is 1.45 bits per heavy atom. The van der Waals surface area contributed by atoms with Gasteiger partial charge in [-0.1, -0.05) is 18.5 Å². The third-order valence-corrected chi connectivity index (χ3v) is 4.93. The molecular weight excluding hydrogens is 411 g/mol. The molecule has 1 atom stereocenters. The lowest BCUT2D eigenvalue weighted by molar-refractivity contribution is -0.123. The highest BCUT2D eigenvalue weighted by Gasteiger charge is 2.56. The lowest BCUT2D eigenvalue weighted by Crippen LogP contribution is -2.47. The topological polar surface area (TPSA) is 94.5 Å². The maximum atomic E-state index is 15.0. The normalized spacial score (nSPS) is 21.4. The lowest BCUT2D eigenvalue weighted by Gasteiger charge is -2.36. The highest BCUT2D eigenvalue weighted by molar-refractivity contribution is 6.34. The summed E-state index contributed by atoms with van der Waals surface area (Å²) >= 11 is 5.95. The van der Waals surface area contributed by atoms with Crippen LogP contribution in [0.4, 0.5) is 18.9 Å². The first kappa shape index (κ1) is 21.1. The molecule has 29 heavy (non-hydrogen) atoms. The number of nitrogens with one attached hydrogen (secondary N) is 1. The maximum Gasteiger partial charge on any atom is 0.299 e. The molecule has 1 aromatic heterocycles. The van der Waals surface area contributed by atoms with E-state index >= 15 is 0 Å². The second kappa shape index (κ2) is 7.68. The second-order valence-electron chi connectivity index (χ2n) is 6.66. The van der Waals surface area contributed by atoms with Gasteiger partial charge in [-0.25, -0.2) is 13.2 Å². The Balaban J connectivity index is 2.05. The number of aromatic nitrogens is 2. The minimum Gasteiger partial charge on any atom is -0.385 e. The van der Waals surface area contributed by atoms with E-state index in [1.807, 2.05) is 0 Å². The van der Waals surface area contributed by atoms with Gasteiger partial charge in [0.1, 0.15) is 24.9 Å². The first-order valence-electron chi connectivity index (χ1n) is 8.70. The average molecular weight is 430 g/mol. The fourth-order valence-electron chi connectivity index (χ4n) is 3.27. The van der Waals surface area contributed by atoms with E-state index in [1.165, 1.54) is 23.9 Å². The summed E-state index contributed by atoms with van der Waals surface area (Å²) in [5, 5.41) is 6.54. The van der Waals surface area contributed by atoms with Crippen molar-refractivity contribution in [1.29, 1.82) is 0 Å². The van der Waals surface area contributed by atoms with E-state index in [2.05, 4.69) is 15.4 Å². The summed E-state index contributed by atoms with van der Waals surface area (Å²) in [6, 6.07) is 3.34. The van der Waals surface area contributed by atoms with E-state index in [4.69, 9.17) is 22.1 Å². The molecule has 2 heterocycles. The molecule has 11 heteroatoms. The van der Waals surface area contributed by atoms with E-state index < -0.39 is 35.4 Å². The Morgan fingerprint density at radius 3 is 2.79 bits per heavy atom. The Bertz CT molecular complexity index is 978. The number of carbonyl (C=O) groups is 1. The highest BCUT2D eigenvalue weighted by atomic mass is 35.5. The van der Waals surface area contributed by atoms with Gasteiger partial charge in [-0.15, -0.1) is 0 Å². The van der Waals surface area contributed by atoms with Crippen molar-refractivity contribution >= 4 is 29.0 Å². The molecular formula is C18H19ClF3N5O2. The summed E-state index contributed by atoms with van der Waals surface area (Å²) in [4.78, 5) is 16.4. The van der Waals surface area contributed by atoms with Gasteiger partial charge >= 0.3 is 0 Å². The van der Waals surface area contributed by atoms with Crippen molar-refractivity contribution < 1.29 is 22.7 Å². The summed E-state index contributed by atoms with van der Waals surface area (Å²) in [6.07, 6.45) is 1.19. The van der Waals surface area contributed by atoms with E-state index in [0.29, 0.717) is 0 Å². The monoisotopic (exact) mass is 429 g/mol. The molecule has 1 aromatic carbocycles. The smallest absolute Gasteiger partial charge is 0.299 e. The van der Waals surface area contributed by atoms with Crippen LogP contribution in [-0.4, -0.2) is 40.7 Å². The molecule has 3 rings (SSSR count). The highest BCUT2D eigenvalue weighted by Crippen LogP contribution is 2.46. The molecule has 2 aromatic rings. The van der Waals surface area contributed by atoms with Crippen molar-refractivity contribution in [3.05, 3.63) is 46.5 Å². The first-order valence-corrected chi connectivity index (χ1v) is 9.07. The molecule has 0 saturated carbocycles.